The minimum atomic E-state index is -0.375. The Morgan fingerprint density at radius 1 is 1.53 bits per heavy atom. The highest BCUT2D eigenvalue weighted by molar-refractivity contribution is 7.99. The molecule has 1 aromatic heterocycles. The van der Waals surface area contributed by atoms with Crippen molar-refractivity contribution >= 4 is 11.8 Å². The highest BCUT2D eigenvalue weighted by Crippen LogP contribution is 2.16. The second kappa shape index (κ2) is 6.81. The Labute approximate surface area is 106 Å². The number of aromatic amines is 1. The maximum absolute atomic E-state index is 11.4. The Morgan fingerprint density at radius 2 is 2.24 bits per heavy atom. The van der Waals surface area contributed by atoms with Crippen molar-refractivity contribution in [1.29, 1.82) is 0 Å². The summed E-state index contributed by atoms with van der Waals surface area (Å²) in [7, 11) is 0. The predicted molar refractivity (Wildman–Crippen MR) is 70.4 cm³/mol. The summed E-state index contributed by atoms with van der Waals surface area (Å²) in [6, 6.07) is 1.53. The molecule has 0 aliphatic carbocycles. The molecule has 0 bridgehead atoms. The third kappa shape index (κ3) is 4.91. The minimum absolute atomic E-state index is 0.120. The fourth-order valence-electron chi connectivity index (χ4n) is 1.29. The van der Waals surface area contributed by atoms with Crippen molar-refractivity contribution in [2.45, 2.75) is 44.9 Å². The Kier molecular flexibility index (Phi) is 5.71. The van der Waals surface area contributed by atoms with Crippen LogP contribution in [0.25, 0.3) is 0 Å². The van der Waals surface area contributed by atoms with Gasteiger partial charge in [0.05, 0.1) is 6.10 Å². The predicted octanol–water partition coefficient (Wildman–Crippen LogP) is 1.83. The second-order valence-corrected chi connectivity index (χ2v) is 5.42. The van der Waals surface area contributed by atoms with Gasteiger partial charge in [0.25, 0.3) is 5.56 Å². The minimum Gasteiger partial charge on any atom is -0.392 e. The number of aliphatic hydroxyl groups excluding tert-OH is 1. The van der Waals surface area contributed by atoms with Crippen LogP contribution in [-0.2, 0) is 6.42 Å². The van der Waals surface area contributed by atoms with Gasteiger partial charge in [0, 0.05) is 17.5 Å². The number of H-pyrrole nitrogens is 1. The van der Waals surface area contributed by atoms with Crippen molar-refractivity contribution in [3.05, 3.63) is 22.1 Å². The van der Waals surface area contributed by atoms with Gasteiger partial charge in [-0.15, -0.1) is 0 Å². The molecule has 96 valence electrons. The van der Waals surface area contributed by atoms with Crippen molar-refractivity contribution in [2.75, 3.05) is 5.75 Å². The van der Waals surface area contributed by atoms with Gasteiger partial charge in [-0.2, -0.15) is 0 Å². The van der Waals surface area contributed by atoms with Gasteiger partial charge in [-0.25, -0.2) is 4.98 Å². The van der Waals surface area contributed by atoms with Crippen LogP contribution in [0.4, 0.5) is 0 Å². The number of nitrogens with one attached hydrogen (secondary N) is 1. The highest BCUT2D eigenvalue weighted by atomic mass is 32.2. The summed E-state index contributed by atoms with van der Waals surface area (Å²) in [4.78, 5) is 18.4. The molecule has 0 radical (unpaired) electrons. The van der Waals surface area contributed by atoms with Crippen molar-refractivity contribution in [2.24, 2.45) is 5.92 Å². The van der Waals surface area contributed by atoms with Gasteiger partial charge in [0.1, 0.15) is 0 Å². The Bertz CT molecular complexity index is 404. The first kappa shape index (κ1) is 14.3. The normalized spacial score (nSPS) is 13.0. The molecule has 2 N–H and O–H groups in total. The topological polar surface area (TPSA) is 66.0 Å². The summed E-state index contributed by atoms with van der Waals surface area (Å²) in [5.41, 5.74) is 0.697. The van der Waals surface area contributed by atoms with E-state index in [9.17, 15) is 9.90 Å². The van der Waals surface area contributed by atoms with Gasteiger partial charge >= 0.3 is 0 Å². The maximum Gasteiger partial charge on any atom is 0.251 e. The van der Waals surface area contributed by atoms with Gasteiger partial charge in [-0.3, -0.25) is 4.79 Å². The number of hydrogen-bond donors (Lipinski definition) is 2. The van der Waals surface area contributed by atoms with Gasteiger partial charge in [0.15, 0.2) is 5.16 Å². The van der Waals surface area contributed by atoms with Crippen molar-refractivity contribution in [3.8, 4) is 0 Å². The molecule has 0 spiro atoms. The van der Waals surface area contributed by atoms with Crippen LogP contribution >= 0.6 is 11.8 Å². The molecule has 1 aromatic rings. The van der Waals surface area contributed by atoms with E-state index in [-0.39, 0.29) is 17.6 Å². The molecule has 0 saturated heterocycles. The van der Waals surface area contributed by atoms with E-state index in [1.807, 2.05) is 13.8 Å². The van der Waals surface area contributed by atoms with Crippen molar-refractivity contribution in [3.63, 3.8) is 0 Å². The van der Waals surface area contributed by atoms with Crippen molar-refractivity contribution in [1.82, 2.24) is 9.97 Å². The summed E-state index contributed by atoms with van der Waals surface area (Å²) >= 11 is 1.39. The summed E-state index contributed by atoms with van der Waals surface area (Å²) in [5, 5.41) is 10.3. The van der Waals surface area contributed by atoms with E-state index in [2.05, 4.69) is 16.9 Å². The molecule has 0 amide bonds. The smallest absolute Gasteiger partial charge is 0.251 e. The van der Waals surface area contributed by atoms with Crippen LogP contribution in [0.1, 0.15) is 32.9 Å². The molecule has 1 unspecified atom stereocenters. The monoisotopic (exact) mass is 256 g/mol. The highest BCUT2D eigenvalue weighted by Gasteiger charge is 2.10. The molecule has 0 saturated carbocycles. The zero-order chi connectivity index (χ0) is 12.8. The largest absolute Gasteiger partial charge is 0.392 e. The third-order valence-electron chi connectivity index (χ3n) is 2.44. The average Bonchev–Trinajstić information content (AvgIpc) is 2.25. The molecule has 0 aliphatic rings. The van der Waals surface area contributed by atoms with Gasteiger partial charge < -0.3 is 10.1 Å². The fraction of sp³-hybridized carbons (Fsp3) is 0.667. The Morgan fingerprint density at radius 3 is 2.82 bits per heavy atom. The average molecular weight is 256 g/mol. The standard InChI is InChI=1S/C12H20N2O2S/c1-4-5-9-6-11(16)14-12(13-9)17-7-10(15)8(2)3/h6,8,10,15H,4-5,7H2,1-3H3,(H,13,14,16). The Hall–Kier alpha value is -0.810. The molecule has 5 heteroatoms. The van der Waals surface area contributed by atoms with Gasteiger partial charge in [-0.1, -0.05) is 39.0 Å². The van der Waals surface area contributed by atoms with Crippen LogP contribution in [0.3, 0.4) is 0 Å². The van der Waals surface area contributed by atoms with Crippen molar-refractivity contribution < 1.29 is 5.11 Å². The zero-order valence-electron chi connectivity index (χ0n) is 10.6. The number of aromatic nitrogens is 2. The molecular weight excluding hydrogens is 236 g/mol. The van der Waals surface area contributed by atoms with Crippen LogP contribution in [0, 0.1) is 5.92 Å². The summed E-state index contributed by atoms with van der Waals surface area (Å²) in [5.74, 6) is 0.768. The van der Waals surface area contributed by atoms with E-state index in [0.29, 0.717) is 10.9 Å². The lowest BCUT2D eigenvalue weighted by Gasteiger charge is -2.13. The first-order valence-corrected chi connectivity index (χ1v) is 6.92. The van der Waals surface area contributed by atoms with E-state index in [4.69, 9.17) is 0 Å². The molecule has 17 heavy (non-hydrogen) atoms. The van der Waals surface area contributed by atoms with E-state index in [0.717, 1.165) is 18.5 Å². The summed E-state index contributed by atoms with van der Waals surface area (Å²) < 4.78 is 0. The lowest BCUT2D eigenvalue weighted by molar-refractivity contribution is 0.149. The lowest BCUT2D eigenvalue weighted by atomic mass is 10.1. The number of aryl methyl sites for hydroxylation is 1. The second-order valence-electron chi connectivity index (χ2n) is 4.41. The van der Waals surface area contributed by atoms with E-state index >= 15 is 0 Å². The molecule has 1 atom stereocenters. The van der Waals surface area contributed by atoms with Crippen LogP contribution in [0.15, 0.2) is 16.0 Å². The molecule has 1 heterocycles. The van der Waals surface area contributed by atoms with Gasteiger partial charge in [0.2, 0.25) is 0 Å². The van der Waals surface area contributed by atoms with Crippen LogP contribution in [-0.4, -0.2) is 26.9 Å². The molecule has 0 fully saturated rings. The van der Waals surface area contributed by atoms with Crippen LogP contribution < -0.4 is 5.56 Å². The third-order valence-corrected chi connectivity index (χ3v) is 3.41. The molecule has 0 aliphatic heterocycles. The first-order chi connectivity index (χ1) is 8.02. The lowest BCUT2D eigenvalue weighted by Crippen LogP contribution is -2.18. The zero-order valence-corrected chi connectivity index (χ0v) is 11.4. The molecular formula is C12H20N2O2S. The number of aliphatic hydroxyl groups is 1. The summed E-state index contributed by atoms with van der Waals surface area (Å²) in [6.45, 7) is 5.99. The first-order valence-electron chi connectivity index (χ1n) is 5.94. The number of rotatable bonds is 6. The van der Waals surface area contributed by atoms with Crippen LogP contribution in [0.2, 0.25) is 0 Å². The summed E-state index contributed by atoms with van der Waals surface area (Å²) in [6.07, 6.45) is 1.40. The Balaban J connectivity index is 2.67. The number of hydrogen-bond acceptors (Lipinski definition) is 4. The molecule has 4 nitrogen and oxygen atoms in total. The van der Waals surface area contributed by atoms with E-state index in [1.165, 1.54) is 17.8 Å². The molecule has 0 aromatic carbocycles. The van der Waals surface area contributed by atoms with Gasteiger partial charge in [-0.05, 0) is 12.3 Å². The number of nitrogens with zero attached hydrogens (tertiary/aromatic N) is 1. The number of thioether (sulfide) groups is 1. The van der Waals surface area contributed by atoms with E-state index < -0.39 is 0 Å². The van der Waals surface area contributed by atoms with E-state index in [1.54, 1.807) is 0 Å². The fourth-order valence-corrected chi connectivity index (χ4v) is 2.36. The SMILES string of the molecule is CCCc1cc(=O)[nH]c(SCC(O)C(C)C)n1. The quantitative estimate of drug-likeness (QED) is 0.602. The van der Waals surface area contributed by atoms with Crippen LogP contribution in [0.5, 0.6) is 0 Å². The molecule has 1 rings (SSSR count). The maximum atomic E-state index is 11.4.